The maximum Gasteiger partial charge on any atom is 0.330 e. The van der Waals surface area contributed by atoms with Crippen molar-refractivity contribution in [2.75, 3.05) is 7.11 Å². The standard InChI is InChI=1S/C37H51NO4Si/c1-35(2,3)42-38-24-30-19-25(11-15-34(39)40-7)10-13-31(30)29-12-14-33(41-43(8,9)36(4,5)6)32(20-29)37-21-26-16-27(22-37)18-28(17-26)23-37/h10-15,19-20,24,26-28H,16-18,21-23H2,1-9H3. The summed E-state index contributed by atoms with van der Waals surface area (Å²) < 4.78 is 11.9. The van der Waals surface area contributed by atoms with Gasteiger partial charge in [-0.15, -0.1) is 0 Å². The summed E-state index contributed by atoms with van der Waals surface area (Å²) in [4.78, 5) is 17.5. The van der Waals surface area contributed by atoms with Crippen molar-refractivity contribution in [3.63, 3.8) is 0 Å². The average molecular weight is 602 g/mol. The number of benzene rings is 2. The number of carbonyl (C=O) groups excluding carboxylic acids is 1. The third kappa shape index (κ3) is 6.95. The van der Waals surface area contributed by atoms with Crippen LogP contribution in [0, 0.1) is 17.8 Å². The lowest BCUT2D eigenvalue weighted by molar-refractivity contribution is -0.134. The van der Waals surface area contributed by atoms with E-state index in [4.69, 9.17) is 14.0 Å². The molecule has 4 saturated carbocycles. The molecule has 0 heterocycles. The van der Waals surface area contributed by atoms with E-state index in [9.17, 15) is 4.79 Å². The number of oxime groups is 1. The number of carbonyl (C=O) groups is 1. The van der Waals surface area contributed by atoms with E-state index < -0.39 is 13.9 Å². The third-order valence-electron chi connectivity index (χ3n) is 10.3. The highest BCUT2D eigenvalue weighted by atomic mass is 28.4. The zero-order valence-electron chi connectivity index (χ0n) is 27.8. The highest BCUT2D eigenvalue weighted by Gasteiger charge is 2.53. The second-order valence-electron chi connectivity index (χ2n) is 15.9. The molecule has 0 aliphatic heterocycles. The van der Waals surface area contributed by atoms with Gasteiger partial charge in [-0.05, 0) is 147 Å². The van der Waals surface area contributed by atoms with Crippen LogP contribution in [0.2, 0.25) is 18.1 Å². The van der Waals surface area contributed by atoms with Gasteiger partial charge in [-0.3, -0.25) is 0 Å². The number of ether oxygens (including phenoxy) is 1. The summed E-state index contributed by atoms with van der Waals surface area (Å²) in [7, 11) is -0.660. The highest BCUT2D eigenvalue weighted by molar-refractivity contribution is 6.74. The highest BCUT2D eigenvalue weighted by Crippen LogP contribution is 2.62. The van der Waals surface area contributed by atoms with Crippen LogP contribution < -0.4 is 4.43 Å². The summed E-state index contributed by atoms with van der Waals surface area (Å²) >= 11 is 0. The van der Waals surface area contributed by atoms with Crippen molar-refractivity contribution in [1.29, 1.82) is 0 Å². The predicted molar refractivity (Wildman–Crippen MR) is 179 cm³/mol. The van der Waals surface area contributed by atoms with Crippen molar-refractivity contribution in [2.45, 2.75) is 109 Å². The van der Waals surface area contributed by atoms with Crippen LogP contribution in [-0.2, 0) is 19.8 Å². The summed E-state index contributed by atoms with van der Waals surface area (Å²) in [5.74, 6) is 3.24. The van der Waals surface area contributed by atoms with E-state index in [0.29, 0.717) is 0 Å². The summed E-state index contributed by atoms with van der Waals surface area (Å²) in [5.41, 5.74) is 5.28. The van der Waals surface area contributed by atoms with Crippen LogP contribution in [0.4, 0.5) is 0 Å². The van der Waals surface area contributed by atoms with Crippen LogP contribution in [0.15, 0.2) is 47.6 Å². The first kappa shape index (κ1) is 31.6. The molecular weight excluding hydrogens is 550 g/mol. The summed E-state index contributed by atoms with van der Waals surface area (Å²) in [5, 5.41) is 4.48. The number of methoxy groups -OCH3 is 1. The van der Waals surface area contributed by atoms with Gasteiger partial charge in [0.1, 0.15) is 11.4 Å². The summed E-state index contributed by atoms with van der Waals surface area (Å²) in [6, 6.07) is 13.1. The number of esters is 1. The fourth-order valence-electron chi connectivity index (χ4n) is 7.60. The molecule has 5 nitrogen and oxygen atoms in total. The largest absolute Gasteiger partial charge is 0.543 e. The lowest BCUT2D eigenvalue weighted by Crippen LogP contribution is -2.49. The zero-order valence-corrected chi connectivity index (χ0v) is 28.8. The van der Waals surface area contributed by atoms with E-state index in [1.54, 1.807) is 12.3 Å². The minimum atomic E-state index is -2.05. The summed E-state index contributed by atoms with van der Waals surface area (Å²) in [6.07, 6.45) is 13.1. The molecule has 6 heteroatoms. The second kappa shape index (κ2) is 11.6. The molecule has 43 heavy (non-hydrogen) atoms. The molecule has 4 aliphatic rings. The molecule has 0 N–H and O–H groups in total. The molecule has 0 radical (unpaired) electrons. The normalized spacial score (nSPS) is 25.5. The molecule has 0 saturated heterocycles. The van der Waals surface area contributed by atoms with Gasteiger partial charge in [0.05, 0.1) is 13.3 Å². The Bertz CT molecular complexity index is 1370. The Morgan fingerprint density at radius 2 is 1.56 bits per heavy atom. The predicted octanol–water partition coefficient (Wildman–Crippen LogP) is 9.54. The van der Waals surface area contributed by atoms with Gasteiger partial charge in [0.25, 0.3) is 0 Å². The van der Waals surface area contributed by atoms with Crippen LogP contribution in [-0.4, -0.2) is 33.2 Å². The molecule has 232 valence electrons. The average Bonchev–Trinajstić information content (AvgIpc) is 2.90. The van der Waals surface area contributed by atoms with Crippen LogP contribution in [0.1, 0.15) is 96.8 Å². The van der Waals surface area contributed by atoms with Crippen molar-refractivity contribution in [2.24, 2.45) is 22.9 Å². The van der Waals surface area contributed by atoms with Gasteiger partial charge in [0, 0.05) is 11.6 Å². The van der Waals surface area contributed by atoms with Gasteiger partial charge in [0.2, 0.25) is 8.32 Å². The molecular formula is C37H51NO4Si. The van der Waals surface area contributed by atoms with Crippen molar-refractivity contribution < 1.29 is 18.8 Å². The number of nitrogens with zero attached hydrogens (tertiary/aromatic N) is 1. The molecule has 0 amide bonds. The smallest absolute Gasteiger partial charge is 0.330 e. The Labute approximate surface area is 260 Å². The number of rotatable bonds is 8. The van der Waals surface area contributed by atoms with Crippen molar-refractivity contribution in [1.82, 2.24) is 0 Å². The van der Waals surface area contributed by atoms with Crippen molar-refractivity contribution >= 4 is 26.6 Å². The van der Waals surface area contributed by atoms with Gasteiger partial charge >= 0.3 is 5.97 Å². The van der Waals surface area contributed by atoms with Gasteiger partial charge in [0.15, 0.2) is 0 Å². The minimum Gasteiger partial charge on any atom is -0.543 e. The van der Waals surface area contributed by atoms with Crippen LogP contribution in [0.5, 0.6) is 5.75 Å². The first-order valence-electron chi connectivity index (χ1n) is 16.0. The lowest BCUT2D eigenvalue weighted by Gasteiger charge is -2.57. The fraction of sp³-hybridized carbons (Fsp3) is 0.568. The molecule has 4 fully saturated rings. The van der Waals surface area contributed by atoms with Gasteiger partial charge in [-0.2, -0.15) is 0 Å². The Morgan fingerprint density at radius 3 is 2.12 bits per heavy atom. The summed E-state index contributed by atoms with van der Waals surface area (Å²) in [6.45, 7) is 17.6. The first-order chi connectivity index (χ1) is 20.1. The number of hydrogen-bond donors (Lipinski definition) is 0. The molecule has 0 unspecified atom stereocenters. The van der Waals surface area contributed by atoms with E-state index in [-0.39, 0.29) is 16.4 Å². The maximum atomic E-state index is 11.8. The Balaban J connectivity index is 1.61. The fourth-order valence-corrected chi connectivity index (χ4v) is 8.63. The topological polar surface area (TPSA) is 57.1 Å². The van der Waals surface area contributed by atoms with E-state index in [0.717, 1.165) is 45.8 Å². The molecule has 0 aromatic heterocycles. The first-order valence-corrected chi connectivity index (χ1v) is 18.9. The van der Waals surface area contributed by atoms with Gasteiger partial charge in [-0.25, -0.2) is 4.79 Å². The SMILES string of the molecule is COC(=O)C=Cc1ccc(-c2ccc(O[Si](C)(C)C(C)(C)C)c(C34CC5CC(CC(C5)C3)C4)c2)c(C=NOC(C)(C)C)c1. The van der Waals surface area contributed by atoms with Gasteiger partial charge in [-0.1, -0.05) is 44.1 Å². The minimum absolute atomic E-state index is 0.120. The number of hydrogen-bond acceptors (Lipinski definition) is 5. The van der Waals surface area contributed by atoms with Crippen LogP contribution in [0.3, 0.4) is 0 Å². The maximum absolute atomic E-state index is 11.8. The molecule has 6 rings (SSSR count). The van der Waals surface area contributed by atoms with Crippen LogP contribution >= 0.6 is 0 Å². The van der Waals surface area contributed by atoms with E-state index >= 15 is 0 Å². The zero-order chi connectivity index (χ0) is 31.2. The third-order valence-corrected chi connectivity index (χ3v) is 14.6. The monoisotopic (exact) mass is 601 g/mol. The quantitative estimate of drug-likeness (QED) is 0.0994. The van der Waals surface area contributed by atoms with Crippen LogP contribution in [0.25, 0.3) is 17.2 Å². The van der Waals surface area contributed by atoms with Crippen molar-refractivity contribution in [3.05, 3.63) is 59.2 Å². The van der Waals surface area contributed by atoms with Gasteiger partial charge < -0.3 is 14.0 Å². The Morgan fingerprint density at radius 1 is 0.930 bits per heavy atom. The second-order valence-corrected chi connectivity index (χ2v) is 20.6. The Hall–Kier alpha value is -2.86. The molecule has 0 spiro atoms. The molecule has 0 atom stereocenters. The lowest BCUT2D eigenvalue weighted by atomic mass is 9.48. The Kier molecular flexibility index (Phi) is 8.49. The van der Waals surface area contributed by atoms with E-state index in [1.807, 2.05) is 26.8 Å². The molecule has 4 aliphatic carbocycles. The van der Waals surface area contributed by atoms with Crippen molar-refractivity contribution in [3.8, 4) is 16.9 Å². The van der Waals surface area contributed by atoms with E-state index in [2.05, 4.69) is 69.4 Å². The van der Waals surface area contributed by atoms with E-state index in [1.165, 1.54) is 57.3 Å². The molecule has 2 aromatic rings. The molecule has 2 aromatic carbocycles. The molecule has 4 bridgehead atoms.